The Morgan fingerprint density at radius 1 is 1.23 bits per heavy atom. The van der Waals surface area contributed by atoms with Gasteiger partial charge in [-0.1, -0.05) is 56.8 Å². The van der Waals surface area contributed by atoms with E-state index in [0.717, 1.165) is 31.2 Å². The van der Waals surface area contributed by atoms with Crippen LogP contribution in [0, 0.1) is 11.8 Å². The number of alkyl carbamates (subject to hydrolysis) is 1. The first kappa shape index (κ1) is 27.0. The van der Waals surface area contributed by atoms with Crippen LogP contribution in [0.2, 0.25) is 5.02 Å². The Hall–Kier alpha value is -2.61. The van der Waals surface area contributed by atoms with Gasteiger partial charge in [0.25, 0.3) is 0 Å². The van der Waals surface area contributed by atoms with Gasteiger partial charge in [0.2, 0.25) is 11.8 Å². The van der Waals surface area contributed by atoms with E-state index in [9.17, 15) is 19.2 Å². The molecule has 1 spiro atoms. The van der Waals surface area contributed by atoms with Gasteiger partial charge in [-0.2, -0.15) is 0 Å². The Morgan fingerprint density at radius 2 is 1.97 bits per heavy atom. The van der Waals surface area contributed by atoms with Crippen molar-refractivity contribution in [1.82, 2.24) is 16.0 Å². The van der Waals surface area contributed by atoms with E-state index in [-0.39, 0.29) is 36.3 Å². The zero-order valence-corrected chi connectivity index (χ0v) is 21.2. The van der Waals surface area contributed by atoms with Crippen molar-refractivity contribution in [2.75, 3.05) is 0 Å². The maximum Gasteiger partial charge on any atom is 0.408 e. The molecule has 1 aromatic rings. The van der Waals surface area contributed by atoms with Gasteiger partial charge in [-0.25, -0.2) is 4.79 Å². The minimum atomic E-state index is -0.869. The summed E-state index contributed by atoms with van der Waals surface area (Å²) in [6, 6.07) is 5.28. The van der Waals surface area contributed by atoms with Crippen LogP contribution in [0.15, 0.2) is 24.3 Å². The molecule has 3 amide bonds. The van der Waals surface area contributed by atoms with Crippen molar-refractivity contribution in [3.8, 4) is 0 Å². The second-order valence-corrected chi connectivity index (χ2v) is 10.7. The summed E-state index contributed by atoms with van der Waals surface area (Å²) in [6.07, 6.45) is 6.54. The van der Waals surface area contributed by atoms with Crippen LogP contribution in [-0.4, -0.2) is 41.8 Å². The number of benzene rings is 1. The standard InChI is InChI=1S/C26H36ClN3O5/c1-17(2)11-22(29-25(34)35-16-18-7-6-8-20(27)12-18)24(33)28-21(15-31)13-19-14-26(30-23(19)32)9-4-3-5-10-26/h6-8,12,15,17,19,21-22H,3-5,9-11,13-14,16H2,1-2H3,(H,28,33)(H,29,34)(H,30,32)/t19?,21?,22-/m0/s1. The third kappa shape index (κ3) is 7.95. The summed E-state index contributed by atoms with van der Waals surface area (Å²) in [7, 11) is 0. The van der Waals surface area contributed by atoms with E-state index < -0.39 is 24.1 Å². The molecule has 1 aliphatic carbocycles. The summed E-state index contributed by atoms with van der Waals surface area (Å²) in [5.74, 6) is -0.723. The fourth-order valence-corrected chi connectivity index (χ4v) is 5.34. The predicted octanol–water partition coefficient (Wildman–Crippen LogP) is 3.89. The van der Waals surface area contributed by atoms with Crippen LogP contribution >= 0.6 is 11.6 Å². The van der Waals surface area contributed by atoms with E-state index in [0.29, 0.717) is 24.2 Å². The summed E-state index contributed by atoms with van der Waals surface area (Å²) in [4.78, 5) is 49.8. The van der Waals surface area contributed by atoms with Crippen LogP contribution in [0.1, 0.15) is 70.8 Å². The number of carbonyl (C=O) groups excluding carboxylic acids is 4. The van der Waals surface area contributed by atoms with Crippen LogP contribution in [-0.2, 0) is 25.7 Å². The number of amides is 3. The number of halogens is 1. The molecule has 2 aliphatic rings. The molecule has 0 bridgehead atoms. The van der Waals surface area contributed by atoms with E-state index in [1.165, 1.54) is 6.42 Å². The second-order valence-electron chi connectivity index (χ2n) is 10.3. The lowest BCUT2D eigenvalue weighted by Crippen LogP contribution is -2.51. The van der Waals surface area contributed by atoms with Gasteiger partial charge in [0.05, 0.1) is 6.04 Å². The minimum Gasteiger partial charge on any atom is -0.445 e. The van der Waals surface area contributed by atoms with E-state index in [2.05, 4.69) is 16.0 Å². The molecule has 1 saturated heterocycles. The largest absolute Gasteiger partial charge is 0.445 e. The highest BCUT2D eigenvalue weighted by Gasteiger charge is 2.45. The van der Waals surface area contributed by atoms with Crippen molar-refractivity contribution in [2.45, 2.75) is 89.4 Å². The lowest BCUT2D eigenvalue weighted by atomic mass is 9.78. The molecule has 2 fully saturated rings. The normalized spacial score (nSPS) is 20.7. The maximum absolute atomic E-state index is 13.0. The average molecular weight is 506 g/mol. The Kier molecular flexibility index (Phi) is 9.55. The zero-order chi connectivity index (χ0) is 25.4. The van der Waals surface area contributed by atoms with Crippen molar-refractivity contribution in [3.05, 3.63) is 34.9 Å². The number of hydrogen-bond acceptors (Lipinski definition) is 5. The first-order chi connectivity index (χ1) is 16.7. The summed E-state index contributed by atoms with van der Waals surface area (Å²) in [5, 5.41) is 9.03. The fraction of sp³-hybridized carbons (Fsp3) is 0.615. The third-order valence-corrected chi connectivity index (χ3v) is 7.05. The van der Waals surface area contributed by atoms with Crippen molar-refractivity contribution in [3.63, 3.8) is 0 Å². The van der Waals surface area contributed by atoms with Crippen LogP contribution in [0.25, 0.3) is 0 Å². The summed E-state index contributed by atoms with van der Waals surface area (Å²) >= 11 is 5.96. The highest BCUT2D eigenvalue weighted by Crippen LogP contribution is 2.39. The van der Waals surface area contributed by atoms with E-state index in [1.807, 2.05) is 13.8 Å². The lowest BCUT2D eigenvalue weighted by Gasteiger charge is -2.33. The van der Waals surface area contributed by atoms with Gasteiger partial charge < -0.3 is 25.5 Å². The highest BCUT2D eigenvalue weighted by molar-refractivity contribution is 6.30. The molecular formula is C26H36ClN3O5. The molecule has 35 heavy (non-hydrogen) atoms. The smallest absolute Gasteiger partial charge is 0.408 e. The maximum atomic E-state index is 13.0. The van der Waals surface area contributed by atoms with Gasteiger partial charge in [0.1, 0.15) is 18.9 Å². The highest BCUT2D eigenvalue weighted by atomic mass is 35.5. The predicted molar refractivity (Wildman–Crippen MR) is 133 cm³/mol. The quantitative estimate of drug-likeness (QED) is 0.417. The van der Waals surface area contributed by atoms with Gasteiger partial charge >= 0.3 is 6.09 Å². The molecule has 192 valence electrons. The van der Waals surface area contributed by atoms with Crippen molar-refractivity contribution >= 4 is 35.8 Å². The summed E-state index contributed by atoms with van der Waals surface area (Å²) in [5.41, 5.74) is 0.565. The third-order valence-electron chi connectivity index (χ3n) is 6.81. The SMILES string of the molecule is CC(C)C[C@H](NC(=O)OCc1cccc(Cl)c1)C(=O)NC(C=O)CC1CC2(CCCCC2)NC1=O. The second kappa shape index (κ2) is 12.4. The van der Waals surface area contributed by atoms with Gasteiger partial charge in [-0.3, -0.25) is 9.59 Å². The Bertz CT molecular complexity index is 916. The van der Waals surface area contributed by atoms with Gasteiger partial charge in [-0.15, -0.1) is 0 Å². The molecule has 3 N–H and O–H groups in total. The number of ether oxygens (including phenoxy) is 1. The molecule has 2 unspecified atom stereocenters. The fourth-order valence-electron chi connectivity index (χ4n) is 5.13. The molecular weight excluding hydrogens is 470 g/mol. The van der Waals surface area contributed by atoms with Gasteiger partial charge in [-0.05, 0) is 55.7 Å². The van der Waals surface area contributed by atoms with Gasteiger partial charge in [0.15, 0.2) is 0 Å². The lowest BCUT2D eigenvalue weighted by molar-refractivity contribution is -0.127. The number of nitrogens with one attached hydrogen (secondary N) is 3. The molecule has 1 aromatic carbocycles. The molecule has 0 radical (unpaired) electrons. The Balaban J connectivity index is 1.55. The zero-order valence-electron chi connectivity index (χ0n) is 20.5. The average Bonchev–Trinajstić information content (AvgIpc) is 3.10. The molecule has 1 heterocycles. The van der Waals surface area contributed by atoms with Crippen molar-refractivity contribution in [2.24, 2.45) is 11.8 Å². The molecule has 3 rings (SSSR count). The number of hydrogen-bond donors (Lipinski definition) is 3. The van der Waals surface area contributed by atoms with Crippen molar-refractivity contribution in [1.29, 1.82) is 0 Å². The molecule has 1 aliphatic heterocycles. The molecule has 8 nitrogen and oxygen atoms in total. The van der Waals surface area contributed by atoms with E-state index in [1.54, 1.807) is 24.3 Å². The summed E-state index contributed by atoms with van der Waals surface area (Å²) < 4.78 is 5.25. The van der Waals surface area contributed by atoms with E-state index >= 15 is 0 Å². The Morgan fingerprint density at radius 3 is 2.63 bits per heavy atom. The van der Waals surface area contributed by atoms with Crippen LogP contribution < -0.4 is 16.0 Å². The van der Waals surface area contributed by atoms with Crippen LogP contribution in [0.4, 0.5) is 4.79 Å². The summed E-state index contributed by atoms with van der Waals surface area (Å²) in [6.45, 7) is 3.88. The van der Waals surface area contributed by atoms with E-state index in [4.69, 9.17) is 16.3 Å². The molecule has 1 saturated carbocycles. The first-order valence-corrected chi connectivity index (χ1v) is 12.8. The van der Waals surface area contributed by atoms with Crippen LogP contribution in [0.3, 0.4) is 0 Å². The Labute approximate surface area is 211 Å². The van der Waals surface area contributed by atoms with Crippen LogP contribution in [0.5, 0.6) is 0 Å². The number of aldehydes is 1. The van der Waals surface area contributed by atoms with Crippen molar-refractivity contribution < 1.29 is 23.9 Å². The molecule has 3 atom stereocenters. The minimum absolute atomic E-state index is 0.0118. The monoisotopic (exact) mass is 505 g/mol. The van der Waals surface area contributed by atoms with Gasteiger partial charge in [0, 0.05) is 16.5 Å². The molecule has 9 heteroatoms. The number of rotatable bonds is 10. The topological polar surface area (TPSA) is 114 Å². The number of carbonyl (C=O) groups is 4. The molecule has 0 aromatic heterocycles. The first-order valence-electron chi connectivity index (χ1n) is 12.4.